The lowest BCUT2D eigenvalue weighted by Crippen LogP contribution is -2.50. The van der Waals surface area contributed by atoms with Crippen molar-refractivity contribution < 1.29 is 4.79 Å². The van der Waals surface area contributed by atoms with E-state index < -0.39 is 0 Å². The van der Waals surface area contributed by atoms with Crippen molar-refractivity contribution in [1.82, 2.24) is 20.2 Å². The second-order valence-corrected chi connectivity index (χ2v) is 7.93. The maximum Gasteiger partial charge on any atom is 0.245 e. The molecule has 7 heteroatoms. The van der Waals surface area contributed by atoms with Crippen molar-refractivity contribution in [3.8, 4) is 0 Å². The summed E-state index contributed by atoms with van der Waals surface area (Å²) in [6.07, 6.45) is 5.90. The second-order valence-electron chi connectivity index (χ2n) is 7.04. The summed E-state index contributed by atoms with van der Waals surface area (Å²) in [5.74, 6) is 1.77. The van der Waals surface area contributed by atoms with Gasteiger partial charge in [-0.05, 0) is 56.6 Å². The van der Waals surface area contributed by atoms with Crippen LogP contribution in [0.4, 0.5) is 5.82 Å². The highest BCUT2D eigenvalue weighted by molar-refractivity contribution is 7.16. The number of piperidine rings is 1. The van der Waals surface area contributed by atoms with Gasteiger partial charge in [0.2, 0.25) is 5.91 Å². The van der Waals surface area contributed by atoms with Gasteiger partial charge in [-0.3, -0.25) is 4.79 Å². The van der Waals surface area contributed by atoms with E-state index in [0.717, 1.165) is 61.5 Å². The van der Waals surface area contributed by atoms with Gasteiger partial charge >= 0.3 is 0 Å². The molecule has 0 radical (unpaired) electrons. The van der Waals surface area contributed by atoms with Gasteiger partial charge in [0.05, 0.1) is 5.39 Å². The molecular weight excluding hydrogens is 334 g/mol. The fourth-order valence-electron chi connectivity index (χ4n) is 4.21. The Morgan fingerprint density at radius 1 is 1.32 bits per heavy atom. The number of amides is 1. The first-order valence-electron chi connectivity index (χ1n) is 9.16. The maximum atomic E-state index is 13.2. The molecule has 2 atom stereocenters. The molecule has 2 aliphatic rings. The Balaban J connectivity index is 1.55. The molecule has 25 heavy (non-hydrogen) atoms. The van der Waals surface area contributed by atoms with E-state index in [0.29, 0.717) is 5.92 Å². The topological polar surface area (TPSA) is 61.4 Å². The molecule has 6 nitrogen and oxygen atoms in total. The van der Waals surface area contributed by atoms with Crippen molar-refractivity contribution in [2.75, 3.05) is 38.1 Å². The van der Waals surface area contributed by atoms with E-state index in [1.165, 1.54) is 6.42 Å². The quantitative estimate of drug-likeness (QED) is 0.906. The van der Waals surface area contributed by atoms with Gasteiger partial charge < -0.3 is 15.1 Å². The Hall–Kier alpha value is -1.73. The van der Waals surface area contributed by atoms with Crippen molar-refractivity contribution in [3.05, 3.63) is 17.8 Å². The van der Waals surface area contributed by atoms with Crippen LogP contribution in [0.25, 0.3) is 10.2 Å². The number of fused-ring (bicyclic) bond motifs is 1. The zero-order chi connectivity index (χ0) is 17.2. The van der Waals surface area contributed by atoms with Crippen molar-refractivity contribution >= 4 is 33.3 Å². The highest BCUT2D eigenvalue weighted by Crippen LogP contribution is 2.32. The lowest BCUT2D eigenvalue weighted by Gasteiger charge is -2.36. The zero-order valence-corrected chi connectivity index (χ0v) is 15.5. The molecule has 4 rings (SSSR count). The molecule has 2 aromatic heterocycles. The molecule has 4 heterocycles. The van der Waals surface area contributed by atoms with E-state index in [1.54, 1.807) is 17.7 Å². The van der Waals surface area contributed by atoms with Crippen LogP contribution >= 0.6 is 11.3 Å². The van der Waals surface area contributed by atoms with Gasteiger partial charge in [-0.25, -0.2) is 9.97 Å². The second kappa shape index (κ2) is 7.25. The highest BCUT2D eigenvalue weighted by atomic mass is 32.1. The van der Waals surface area contributed by atoms with Gasteiger partial charge in [0.15, 0.2) is 0 Å². The number of carbonyl (C=O) groups excluding carboxylic acids is 1. The van der Waals surface area contributed by atoms with E-state index in [-0.39, 0.29) is 11.9 Å². The van der Waals surface area contributed by atoms with Crippen LogP contribution in [-0.4, -0.2) is 60.0 Å². The third kappa shape index (κ3) is 3.22. The van der Waals surface area contributed by atoms with Crippen molar-refractivity contribution in [1.29, 1.82) is 0 Å². The minimum Gasteiger partial charge on any atom is -0.344 e. The first-order valence-corrected chi connectivity index (χ1v) is 10.0. The predicted molar refractivity (Wildman–Crippen MR) is 101 cm³/mol. The lowest BCUT2D eigenvalue weighted by atomic mass is 9.97. The van der Waals surface area contributed by atoms with Gasteiger partial charge in [-0.15, -0.1) is 11.3 Å². The number of nitrogens with one attached hydrogen (secondary N) is 1. The van der Waals surface area contributed by atoms with Crippen LogP contribution in [0.5, 0.6) is 0 Å². The number of nitrogens with zero attached hydrogens (tertiary/aromatic N) is 4. The summed E-state index contributed by atoms with van der Waals surface area (Å²) >= 11 is 1.62. The molecule has 1 N–H and O–H groups in total. The van der Waals surface area contributed by atoms with Gasteiger partial charge in [0, 0.05) is 19.6 Å². The summed E-state index contributed by atoms with van der Waals surface area (Å²) in [6.45, 7) is 3.65. The lowest BCUT2D eigenvalue weighted by molar-refractivity contribution is -0.134. The molecule has 2 saturated heterocycles. The van der Waals surface area contributed by atoms with Crippen LogP contribution in [0.15, 0.2) is 17.8 Å². The van der Waals surface area contributed by atoms with Crippen LogP contribution < -0.4 is 10.2 Å². The van der Waals surface area contributed by atoms with E-state index >= 15 is 0 Å². The Labute approximate surface area is 152 Å². The predicted octanol–water partition coefficient (Wildman–Crippen LogP) is 2.12. The third-order valence-corrected chi connectivity index (χ3v) is 6.19. The maximum absolute atomic E-state index is 13.2. The molecule has 134 valence electrons. The molecule has 0 aromatic carbocycles. The average molecular weight is 359 g/mol. The largest absolute Gasteiger partial charge is 0.344 e. The Kier molecular flexibility index (Phi) is 4.85. The van der Waals surface area contributed by atoms with Crippen LogP contribution in [0.3, 0.4) is 0 Å². The van der Waals surface area contributed by atoms with Crippen molar-refractivity contribution in [3.63, 3.8) is 0 Å². The first-order chi connectivity index (χ1) is 12.3. The Morgan fingerprint density at radius 3 is 3.08 bits per heavy atom. The van der Waals surface area contributed by atoms with Crippen molar-refractivity contribution in [2.45, 2.75) is 31.7 Å². The fraction of sp³-hybridized carbons (Fsp3) is 0.611. The summed E-state index contributed by atoms with van der Waals surface area (Å²) in [6, 6.07) is 1.99. The minimum absolute atomic E-state index is 0.0775. The van der Waals surface area contributed by atoms with E-state index in [1.807, 2.05) is 12.4 Å². The average Bonchev–Trinajstić information content (AvgIpc) is 3.30. The zero-order valence-electron chi connectivity index (χ0n) is 14.6. The summed E-state index contributed by atoms with van der Waals surface area (Å²) in [5, 5.41) is 6.37. The van der Waals surface area contributed by atoms with Crippen LogP contribution in [-0.2, 0) is 4.79 Å². The van der Waals surface area contributed by atoms with Crippen LogP contribution in [0, 0.1) is 5.92 Å². The normalized spacial score (nSPS) is 24.2. The third-order valence-electron chi connectivity index (χ3n) is 5.37. The molecule has 0 aliphatic carbocycles. The molecule has 2 unspecified atom stereocenters. The summed E-state index contributed by atoms with van der Waals surface area (Å²) in [4.78, 5) is 27.4. The summed E-state index contributed by atoms with van der Waals surface area (Å²) < 4.78 is 0. The van der Waals surface area contributed by atoms with Gasteiger partial charge in [0.1, 0.15) is 23.0 Å². The fourth-order valence-corrected chi connectivity index (χ4v) is 4.94. The number of rotatable bonds is 4. The van der Waals surface area contributed by atoms with E-state index in [4.69, 9.17) is 0 Å². The standard InChI is InChI=1S/C18H25N5OS/c1-19-10-13-4-2-7-22(11-13)18(24)15-5-3-8-23(15)16-14-6-9-25-17(14)21-12-20-16/h6,9,12-13,15,19H,2-5,7-8,10-11H2,1H3. The van der Waals surface area contributed by atoms with Crippen LogP contribution in [0.1, 0.15) is 25.7 Å². The number of hydrogen-bond acceptors (Lipinski definition) is 6. The van der Waals surface area contributed by atoms with E-state index in [2.05, 4.69) is 31.2 Å². The number of thiophene rings is 1. The SMILES string of the molecule is CNCC1CCCN(C(=O)C2CCCN2c2ncnc3sccc23)C1. The molecule has 2 fully saturated rings. The molecule has 0 spiro atoms. The number of carbonyl (C=O) groups is 1. The summed E-state index contributed by atoms with van der Waals surface area (Å²) in [5.41, 5.74) is 0. The van der Waals surface area contributed by atoms with Gasteiger partial charge in [0.25, 0.3) is 0 Å². The highest BCUT2D eigenvalue weighted by Gasteiger charge is 2.36. The number of hydrogen-bond donors (Lipinski definition) is 1. The smallest absolute Gasteiger partial charge is 0.245 e. The molecule has 0 saturated carbocycles. The molecule has 2 aliphatic heterocycles. The molecule has 1 amide bonds. The first kappa shape index (κ1) is 16.7. The molecule has 2 aromatic rings. The monoisotopic (exact) mass is 359 g/mol. The molecule has 0 bridgehead atoms. The van der Waals surface area contributed by atoms with Crippen molar-refractivity contribution in [2.24, 2.45) is 5.92 Å². The number of likely N-dealkylation sites (tertiary alicyclic amines) is 1. The minimum atomic E-state index is -0.0775. The summed E-state index contributed by atoms with van der Waals surface area (Å²) in [7, 11) is 1.99. The number of anilines is 1. The number of aromatic nitrogens is 2. The molecular formula is C18H25N5OS. The van der Waals surface area contributed by atoms with Gasteiger partial charge in [-0.1, -0.05) is 0 Å². The van der Waals surface area contributed by atoms with E-state index in [9.17, 15) is 4.79 Å². The Morgan fingerprint density at radius 2 is 2.20 bits per heavy atom. The Bertz CT molecular complexity index is 746. The van der Waals surface area contributed by atoms with Crippen LogP contribution in [0.2, 0.25) is 0 Å². The van der Waals surface area contributed by atoms with Gasteiger partial charge in [-0.2, -0.15) is 0 Å².